The first kappa shape index (κ1) is 19.7. The number of thioether (sulfide) groups is 1. The average Bonchev–Trinajstić information content (AvgIpc) is 2.97. The van der Waals surface area contributed by atoms with Crippen LogP contribution in [0.1, 0.15) is 17.2 Å². The third kappa shape index (κ3) is 5.71. The Labute approximate surface area is 166 Å². The van der Waals surface area contributed by atoms with Crippen molar-refractivity contribution in [3.8, 4) is 0 Å². The number of rotatable bonds is 8. The number of imide groups is 1. The van der Waals surface area contributed by atoms with Gasteiger partial charge in [0.25, 0.3) is 11.1 Å². The van der Waals surface area contributed by atoms with E-state index >= 15 is 0 Å². The molecule has 1 fully saturated rings. The van der Waals surface area contributed by atoms with Crippen molar-refractivity contribution in [1.82, 2.24) is 10.6 Å². The predicted octanol–water partition coefficient (Wildman–Crippen LogP) is 2.93. The number of aliphatic hydroxyl groups excluding tert-OH is 1. The summed E-state index contributed by atoms with van der Waals surface area (Å²) in [5.41, 5.74) is 2.70. The molecule has 3 rings (SSSR count). The summed E-state index contributed by atoms with van der Waals surface area (Å²) in [6.45, 7) is 1.17. The van der Waals surface area contributed by atoms with Gasteiger partial charge in [-0.1, -0.05) is 35.9 Å². The zero-order chi connectivity index (χ0) is 19.2. The van der Waals surface area contributed by atoms with E-state index in [2.05, 4.69) is 16.0 Å². The van der Waals surface area contributed by atoms with Crippen molar-refractivity contribution in [2.24, 2.45) is 0 Å². The minimum atomic E-state index is -0.604. The minimum absolute atomic E-state index is 0.323. The van der Waals surface area contributed by atoms with E-state index in [1.165, 1.54) is 0 Å². The lowest BCUT2D eigenvalue weighted by atomic mass is 10.1. The van der Waals surface area contributed by atoms with Gasteiger partial charge in [0.2, 0.25) is 0 Å². The molecule has 1 aliphatic heterocycles. The SMILES string of the molecule is O=C1NC(=O)C(Nc2ccc(CCNC[C@H](O)c3cccc(Cl)c3)cc2)S1. The second-order valence-corrected chi connectivity index (χ2v) is 7.66. The van der Waals surface area contributed by atoms with E-state index in [9.17, 15) is 14.7 Å². The topological polar surface area (TPSA) is 90.5 Å². The molecule has 27 heavy (non-hydrogen) atoms. The van der Waals surface area contributed by atoms with Crippen molar-refractivity contribution >= 4 is 40.2 Å². The summed E-state index contributed by atoms with van der Waals surface area (Å²) in [6.07, 6.45) is 0.202. The van der Waals surface area contributed by atoms with Gasteiger partial charge in [-0.3, -0.25) is 14.9 Å². The van der Waals surface area contributed by atoms with Crippen LogP contribution in [-0.2, 0) is 11.2 Å². The molecule has 0 bridgehead atoms. The third-order valence-electron chi connectivity index (χ3n) is 4.10. The van der Waals surface area contributed by atoms with Crippen LogP contribution in [0.3, 0.4) is 0 Å². The summed E-state index contributed by atoms with van der Waals surface area (Å²) in [6, 6.07) is 14.9. The van der Waals surface area contributed by atoms with Crippen LogP contribution in [0.15, 0.2) is 48.5 Å². The van der Waals surface area contributed by atoms with Crippen LogP contribution in [-0.4, -0.2) is 34.7 Å². The van der Waals surface area contributed by atoms with Crippen molar-refractivity contribution in [3.05, 3.63) is 64.7 Å². The third-order valence-corrected chi connectivity index (χ3v) is 5.22. The van der Waals surface area contributed by atoms with E-state index in [1.54, 1.807) is 12.1 Å². The van der Waals surface area contributed by atoms with Crippen molar-refractivity contribution in [2.75, 3.05) is 18.4 Å². The number of benzene rings is 2. The molecular formula is C19H20ClN3O3S. The van der Waals surface area contributed by atoms with Gasteiger partial charge in [0.1, 0.15) is 0 Å². The van der Waals surface area contributed by atoms with Crippen LogP contribution >= 0.6 is 23.4 Å². The molecule has 1 saturated heterocycles. The highest BCUT2D eigenvalue weighted by atomic mass is 35.5. The Hall–Kier alpha value is -2.06. The first-order valence-electron chi connectivity index (χ1n) is 8.52. The highest BCUT2D eigenvalue weighted by Gasteiger charge is 2.31. The molecule has 2 aromatic carbocycles. The molecule has 0 saturated carbocycles. The smallest absolute Gasteiger partial charge is 0.288 e. The lowest BCUT2D eigenvalue weighted by molar-refractivity contribution is -0.118. The molecule has 2 amide bonds. The Balaban J connectivity index is 1.41. The van der Waals surface area contributed by atoms with Crippen molar-refractivity contribution in [2.45, 2.75) is 17.9 Å². The normalized spacial score (nSPS) is 17.6. The summed E-state index contributed by atoms with van der Waals surface area (Å²) in [5, 5.41) is 18.4. The number of amides is 2. The number of hydrogen-bond donors (Lipinski definition) is 4. The van der Waals surface area contributed by atoms with Gasteiger partial charge in [-0.25, -0.2) is 0 Å². The molecule has 0 aromatic heterocycles. The monoisotopic (exact) mass is 405 g/mol. The Morgan fingerprint density at radius 1 is 1.19 bits per heavy atom. The summed E-state index contributed by atoms with van der Waals surface area (Å²) >= 11 is 6.87. The molecule has 0 aliphatic carbocycles. The summed E-state index contributed by atoms with van der Waals surface area (Å²) in [5.74, 6) is -0.323. The number of nitrogens with one attached hydrogen (secondary N) is 3. The van der Waals surface area contributed by atoms with Crippen LogP contribution in [0.5, 0.6) is 0 Å². The molecule has 1 unspecified atom stereocenters. The molecule has 8 heteroatoms. The minimum Gasteiger partial charge on any atom is -0.387 e. The first-order valence-corrected chi connectivity index (χ1v) is 9.78. The summed E-state index contributed by atoms with van der Waals surface area (Å²) in [4.78, 5) is 22.7. The van der Waals surface area contributed by atoms with E-state index in [0.717, 1.165) is 41.5 Å². The van der Waals surface area contributed by atoms with Crippen LogP contribution in [0, 0.1) is 0 Å². The fraction of sp³-hybridized carbons (Fsp3) is 0.263. The Kier molecular flexibility index (Phi) is 6.73. The van der Waals surface area contributed by atoms with E-state index in [4.69, 9.17) is 11.6 Å². The number of hydrogen-bond acceptors (Lipinski definition) is 6. The van der Waals surface area contributed by atoms with Crippen molar-refractivity contribution < 1.29 is 14.7 Å². The van der Waals surface area contributed by atoms with E-state index in [-0.39, 0.29) is 11.1 Å². The van der Waals surface area contributed by atoms with Crippen LogP contribution < -0.4 is 16.0 Å². The first-order chi connectivity index (χ1) is 13.0. The summed E-state index contributed by atoms with van der Waals surface area (Å²) in [7, 11) is 0. The molecule has 1 heterocycles. The standard InChI is InChI=1S/C19H20ClN3O3S/c20-14-3-1-2-13(10-14)16(24)11-21-9-8-12-4-6-15(7-5-12)22-18-17(25)23-19(26)27-18/h1-7,10,16,18,21-22,24H,8-9,11H2,(H,23,25,26)/t16-,18?/m0/s1. The molecule has 2 aromatic rings. The van der Waals surface area contributed by atoms with Gasteiger partial charge in [0, 0.05) is 17.3 Å². The van der Waals surface area contributed by atoms with Crippen LogP contribution in [0.25, 0.3) is 0 Å². The fourth-order valence-corrected chi connectivity index (χ4v) is 3.61. The van der Waals surface area contributed by atoms with Crippen molar-refractivity contribution in [3.63, 3.8) is 0 Å². The molecule has 2 atom stereocenters. The summed E-state index contributed by atoms with van der Waals surface area (Å²) < 4.78 is 0. The lowest BCUT2D eigenvalue weighted by Gasteiger charge is -2.13. The molecule has 6 nitrogen and oxygen atoms in total. The average molecular weight is 406 g/mol. The second kappa shape index (κ2) is 9.23. The van der Waals surface area contributed by atoms with Gasteiger partial charge in [0.05, 0.1) is 6.10 Å². The maximum atomic E-state index is 11.6. The van der Waals surface area contributed by atoms with Gasteiger partial charge in [-0.2, -0.15) is 0 Å². The second-order valence-electron chi connectivity index (χ2n) is 6.14. The van der Waals surface area contributed by atoms with E-state index < -0.39 is 11.5 Å². The maximum Gasteiger partial charge on any atom is 0.288 e. The molecule has 142 valence electrons. The quantitative estimate of drug-likeness (QED) is 0.505. The van der Waals surface area contributed by atoms with E-state index in [1.807, 2.05) is 36.4 Å². The predicted molar refractivity (Wildman–Crippen MR) is 108 cm³/mol. The van der Waals surface area contributed by atoms with Gasteiger partial charge in [0.15, 0.2) is 5.37 Å². The van der Waals surface area contributed by atoms with Gasteiger partial charge < -0.3 is 15.7 Å². The maximum absolute atomic E-state index is 11.6. The van der Waals surface area contributed by atoms with Gasteiger partial charge >= 0.3 is 0 Å². The lowest BCUT2D eigenvalue weighted by Crippen LogP contribution is -2.29. The van der Waals surface area contributed by atoms with Crippen LogP contribution in [0.4, 0.5) is 10.5 Å². The Morgan fingerprint density at radius 3 is 2.63 bits per heavy atom. The molecule has 0 spiro atoms. The Bertz CT molecular complexity index is 816. The highest BCUT2D eigenvalue weighted by Crippen LogP contribution is 2.22. The largest absolute Gasteiger partial charge is 0.387 e. The molecule has 4 N–H and O–H groups in total. The zero-order valence-corrected chi connectivity index (χ0v) is 16.0. The van der Waals surface area contributed by atoms with Gasteiger partial charge in [-0.05, 0) is 60.1 Å². The zero-order valence-electron chi connectivity index (χ0n) is 14.4. The molecule has 0 radical (unpaired) electrons. The number of anilines is 1. The number of aliphatic hydroxyl groups is 1. The number of carbonyl (C=O) groups excluding carboxylic acids is 2. The molecule has 1 aliphatic rings. The van der Waals surface area contributed by atoms with Crippen molar-refractivity contribution in [1.29, 1.82) is 0 Å². The van der Waals surface area contributed by atoms with E-state index in [0.29, 0.717) is 11.6 Å². The highest BCUT2D eigenvalue weighted by molar-refractivity contribution is 8.15. The van der Waals surface area contributed by atoms with Crippen LogP contribution in [0.2, 0.25) is 5.02 Å². The Morgan fingerprint density at radius 2 is 1.96 bits per heavy atom. The fourth-order valence-electron chi connectivity index (χ4n) is 2.67. The number of halogens is 1. The number of carbonyl (C=O) groups is 2. The van der Waals surface area contributed by atoms with Gasteiger partial charge in [-0.15, -0.1) is 0 Å². The molecular weight excluding hydrogens is 386 g/mol.